The van der Waals surface area contributed by atoms with Crippen LogP contribution in [-0.4, -0.2) is 27.7 Å². The number of hydrogen-bond acceptors (Lipinski definition) is 5. The quantitative estimate of drug-likeness (QED) is 0.863. The van der Waals surface area contributed by atoms with Gasteiger partial charge in [0.15, 0.2) is 23.4 Å². The van der Waals surface area contributed by atoms with E-state index in [9.17, 15) is 9.59 Å². The lowest BCUT2D eigenvalue weighted by Gasteiger charge is -2.25. The summed E-state index contributed by atoms with van der Waals surface area (Å²) in [4.78, 5) is 29.4. The summed E-state index contributed by atoms with van der Waals surface area (Å²) in [6.07, 6.45) is -0.589. The van der Waals surface area contributed by atoms with Crippen LogP contribution in [0.2, 0.25) is 0 Å². The van der Waals surface area contributed by atoms with Gasteiger partial charge in [0.1, 0.15) is 12.2 Å². The summed E-state index contributed by atoms with van der Waals surface area (Å²) in [6, 6.07) is 7.16. The van der Waals surface area contributed by atoms with Crippen LogP contribution in [0.15, 0.2) is 29.1 Å². The number of nitrogens with zero attached hydrogens (tertiary/aromatic N) is 1. The van der Waals surface area contributed by atoms with Crippen molar-refractivity contribution in [3.63, 3.8) is 0 Å². The minimum Gasteiger partial charge on any atom is -0.485 e. The molecule has 0 bridgehead atoms. The second-order valence-corrected chi connectivity index (χ2v) is 4.58. The number of hydrogen-bond donors (Lipinski definition) is 2. The molecule has 0 fully saturated rings. The van der Waals surface area contributed by atoms with Crippen molar-refractivity contribution in [1.29, 1.82) is 0 Å². The van der Waals surface area contributed by atoms with Crippen LogP contribution in [-0.2, 0) is 0 Å². The maximum atomic E-state index is 11.8. The number of aromatic nitrogens is 2. The van der Waals surface area contributed by atoms with Gasteiger partial charge in [-0.05, 0) is 19.1 Å². The van der Waals surface area contributed by atoms with E-state index in [-0.39, 0.29) is 23.7 Å². The number of carbonyl (C=O) groups is 1. The number of benzene rings is 1. The highest BCUT2D eigenvalue weighted by Crippen LogP contribution is 2.34. The minimum atomic E-state index is -1.31. The van der Waals surface area contributed by atoms with E-state index in [1.807, 2.05) is 6.07 Å². The molecule has 0 spiro atoms. The fourth-order valence-electron chi connectivity index (χ4n) is 2.17. The topological polar surface area (TPSA) is 102 Å². The fourth-order valence-corrected chi connectivity index (χ4v) is 2.17. The average molecular weight is 288 g/mol. The third-order valence-electron chi connectivity index (χ3n) is 3.15. The van der Waals surface area contributed by atoms with Crippen LogP contribution in [0, 0.1) is 6.92 Å². The lowest BCUT2D eigenvalue weighted by atomic mass is 10.2. The number of fused-ring (bicyclic) bond motifs is 1. The Morgan fingerprint density at radius 1 is 1.38 bits per heavy atom. The van der Waals surface area contributed by atoms with Crippen LogP contribution < -0.4 is 15.0 Å². The molecule has 3 rings (SSSR count). The highest BCUT2D eigenvalue weighted by Gasteiger charge is 2.26. The third kappa shape index (κ3) is 2.33. The Labute approximate surface area is 119 Å². The maximum absolute atomic E-state index is 11.8. The number of rotatable bonds is 2. The van der Waals surface area contributed by atoms with Gasteiger partial charge < -0.3 is 19.6 Å². The Morgan fingerprint density at radius 2 is 2.10 bits per heavy atom. The molecule has 7 nitrogen and oxygen atoms in total. The number of carboxylic acids is 1. The van der Waals surface area contributed by atoms with Crippen LogP contribution in [0.3, 0.4) is 0 Å². The Kier molecular flexibility index (Phi) is 3.09. The highest BCUT2D eigenvalue weighted by molar-refractivity contribution is 5.88. The van der Waals surface area contributed by atoms with Crippen molar-refractivity contribution in [3.8, 4) is 11.5 Å². The first-order valence-corrected chi connectivity index (χ1v) is 6.29. The molecule has 2 heterocycles. The molecule has 0 saturated heterocycles. The highest BCUT2D eigenvalue weighted by atomic mass is 16.6. The van der Waals surface area contributed by atoms with Crippen molar-refractivity contribution >= 4 is 5.97 Å². The number of aromatic amines is 1. The molecular weight excluding hydrogens is 276 g/mol. The fraction of sp³-hybridized carbons (Fsp3) is 0.214. The van der Waals surface area contributed by atoms with Crippen LogP contribution in [0.4, 0.5) is 0 Å². The molecule has 0 radical (unpaired) electrons. The summed E-state index contributed by atoms with van der Waals surface area (Å²) in [5.74, 6) is 0.113. The molecule has 2 N–H and O–H groups in total. The van der Waals surface area contributed by atoms with Crippen LogP contribution in [0.5, 0.6) is 11.5 Å². The van der Waals surface area contributed by atoms with Crippen molar-refractivity contribution in [3.05, 3.63) is 51.7 Å². The minimum absolute atomic E-state index is 0.142. The van der Waals surface area contributed by atoms with Gasteiger partial charge in [-0.3, -0.25) is 4.79 Å². The molecule has 1 aromatic carbocycles. The molecule has 0 amide bonds. The van der Waals surface area contributed by atoms with Crippen molar-refractivity contribution in [2.24, 2.45) is 0 Å². The molecule has 0 saturated carbocycles. The molecule has 1 unspecified atom stereocenters. The maximum Gasteiger partial charge on any atom is 0.343 e. The van der Waals surface area contributed by atoms with Gasteiger partial charge in [-0.25, -0.2) is 9.78 Å². The second kappa shape index (κ2) is 4.93. The summed E-state index contributed by atoms with van der Waals surface area (Å²) in [6.45, 7) is 1.66. The van der Waals surface area contributed by atoms with Gasteiger partial charge in [0, 0.05) is 0 Å². The number of ether oxygens (including phenoxy) is 2. The Hall–Kier alpha value is -2.83. The van der Waals surface area contributed by atoms with E-state index >= 15 is 0 Å². The predicted molar refractivity (Wildman–Crippen MR) is 71.9 cm³/mol. The van der Waals surface area contributed by atoms with E-state index in [2.05, 4.69) is 9.97 Å². The monoisotopic (exact) mass is 288 g/mol. The van der Waals surface area contributed by atoms with E-state index in [1.54, 1.807) is 18.2 Å². The zero-order valence-electron chi connectivity index (χ0n) is 11.1. The number of H-pyrrole nitrogens is 1. The van der Waals surface area contributed by atoms with Gasteiger partial charge in [-0.1, -0.05) is 12.1 Å². The van der Waals surface area contributed by atoms with Gasteiger partial charge >= 0.3 is 5.97 Å². The first-order valence-electron chi connectivity index (χ1n) is 6.29. The summed E-state index contributed by atoms with van der Waals surface area (Å²) in [7, 11) is 0. The molecule has 108 valence electrons. The van der Waals surface area contributed by atoms with Gasteiger partial charge in [-0.15, -0.1) is 0 Å². The third-order valence-corrected chi connectivity index (χ3v) is 3.15. The standard InChI is InChI=1S/C14H12N2O5/c1-7-11(14(18)19)13(17)16-12(15-7)10-6-20-8-4-2-3-5-9(8)21-10/h2-5,10H,6H2,1H3,(H,18,19)(H,15,16,17). The summed E-state index contributed by atoms with van der Waals surface area (Å²) in [5.41, 5.74) is -0.924. The molecule has 1 aliphatic rings. The van der Waals surface area contributed by atoms with E-state index in [1.165, 1.54) is 6.92 Å². The normalized spacial score (nSPS) is 16.5. The SMILES string of the molecule is Cc1nc(C2COc3ccccc3O2)[nH]c(=O)c1C(=O)O. The first-order chi connectivity index (χ1) is 10.1. The van der Waals surface area contributed by atoms with E-state index in [0.717, 1.165) is 0 Å². The number of carboxylic acid groups (broad SMARTS) is 1. The first kappa shape index (κ1) is 13.2. The van der Waals surface area contributed by atoms with E-state index in [4.69, 9.17) is 14.6 Å². The van der Waals surface area contributed by atoms with Crippen molar-refractivity contribution in [1.82, 2.24) is 9.97 Å². The summed E-state index contributed by atoms with van der Waals surface area (Å²) < 4.78 is 11.3. The Morgan fingerprint density at radius 3 is 2.76 bits per heavy atom. The molecule has 2 aromatic rings. The largest absolute Gasteiger partial charge is 0.485 e. The van der Waals surface area contributed by atoms with Gasteiger partial charge in [0.2, 0.25) is 0 Å². The predicted octanol–water partition coefficient (Wildman–Crippen LogP) is 1.29. The molecule has 7 heteroatoms. The summed E-state index contributed by atoms with van der Waals surface area (Å²) >= 11 is 0. The second-order valence-electron chi connectivity index (χ2n) is 4.58. The number of aromatic carboxylic acids is 1. The van der Waals surface area contributed by atoms with Crippen molar-refractivity contribution in [2.75, 3.05) is 6.61 Å². The Bertz CT molecular complexity index is 768. The van der Waals surface area contributed by atoms with Crippen LogP contribution >= 0.6 is 0 Å². The number of nitrogens with one attached hydrogen (secondary N) is 1. The van der Waals surface area contributed by atoms with E-state index < -0.39 is 17.6 Å². The van der Waals surface area contributed by atoms with Gasteiger partial charge in [-0.2, -0.15) is 0 Å². The Balaban J connectivity index is 1.96. The molecule has 0 aliphatic carbocycles. The van der Waals surface area contributed by atoms with Crippen LogP contribution in [0.25, 0.3) is 0 Å². The van der Waals surface area contributed by atoms with Crippen LogP contribution in [0.1, 0.15) is 28.0 Å². The van der Waals surface area contributed by atoms with Crippen molar-refractivity contribution in [2.45, 2.75) is 13.0 Å². The molecule has 1 aliphatic heterocycles. The average Bonchev–Trinajstić information content (AvgIpc) is 2.45. The van der Waals surface area contributed by atoms with Gasteiger partial charge in [0.25, 0.3) is 5.56 Å². The van der Waals surface area contributed by atoms with E-state index in [0.29, 0.717) is 11.5 Å². The smallest absolute Gasteiger partial charge is 0.343 e. The summed E-state index contributed by atoms with van der Waals surface area (Å²) in [5, 5.41) is 8.96. The number of para-hydroxylation sites is 2. The molecule has 1 atom stereocenters. The molecule has 21 heavy (non-hydrogen) atoms. The molecular formula is C14H12N2O5. The molecule has 1 aromatic heterocycles. The lowest BCUT2D eigenvalue weighted by molar-refractivity contribution is 0.0690. The zero-order chi connectivity index (χ0) is 15.0. The number of aryl methyl sites for hydroxylation is 1. The zero-order valence-corrected chi connectivity index (χ0v) is 11.1. The lowest BCUT2D eigenvalue weighted by Crippen LogP contribution is -2.29. The van der Waals surface area contributed by atoms with Crippen molar-refractivity contribution < 1.29 is 19.4 Å². The van der Waals surface area contributed by atoms with Gasteiger partial charge in [0.05, 0.1) is 5.69 Å².